The lowest BCUT2D eigenvalue weighted by molar-refractivity contribution is -0.149. The Morgan fingerprint density at radius 2 is 1.85 bits per heavy atom. The monoisotopic (exact) mass is 585 g/mol. The van der Waals surface area contributed by atoms with Gasteiger partial charge >= 0.3 is 5.97 Å². The maximum Gasteiger partial charge on any atom is 0.309 e. The van der Waals surface area contributed by atoms with Crippen molar-refractivity contribution < 1.29 is 22.7 Å². The van der Waals surface area contributed by atoms with Gasteiger partial charge in [0.2, 0.25) is 5.91 Å². The molecule has 0 spiro atoms. The first-order valence-corrected chi connectivity index (χ1v) is 15.1. The zero-order valence-electron chi connectivity index (χ0n) is 22.3. The number of H-pyrrole nitrogens is 1. The molecule has 2 fully saturated rings. The van der Waals surface area contributed by atoms with Crippen LogP contribution in [0.5, 0.6) is 0 Å². The van der Waals surface area contributed by atoms with Crippen molar-refractivity contribution in [3.8, 4) is 0 Å². The molecular weight excluding hydrogens is 554 g/mol. The maximum atomic E-state index is 13.2. The molecule has 212 valence electrons. The standard InChI is InChI=1S/C28H32ClN5O5S/c1-2-39-28(36)21-9-11-32(12-10-21)19-30-24-6-3-20(4-7-24)17-33-13-14-34(18-27(33)35)40(37,38)26-16-22-15-23(29)5-8-25(22)31-26/h3-8,15-16,19,21,31H,2,9-14,17-18H2,1H3/b30-19+. The SMILES string of the molecule is CCOC(=O)C1CCN(/C=N/c2ccc(CN3CCN(S(=O)(=O)c4cc5cc(Cl)ccc5[nH]4)CC3=O)cc2)CC1. The Kier molecular flexibility index (Phi) is 8.43. The molecule has 12 heteroatoms. The zero-order valence-corrected chi connectivity index (χ0v) is 23.8. The van der Waals surface area contributed by atoms with E-state index >= 15 is 0 Å². The number of carbonyl (C=O) groups excluding carboxylic acids is 2. The highest BCUT2D eigenvalue weighted by Crippen LogP contribution is 2.26. The first-order valence-electron chi connectivity index (χ1n) is 13.3. The number of piperidine rings is 1. The Hall–Kier alpha value is -3.41. The Labute approximate surface area is 238 Å². The van der Waals surface area contributed by atoms with Crippen molar-refractivity contribution in [1.82, 2.24) is 19.1 Å². The van der Waals surface area contributed by atoms with Gasteiger partial charge in [-0.05, 0) is 61.7 Å². The van der Waals surface area contributed by atoms with Gasteiger partial charge in [0.15, 0.2) is 0 Å². The number of carbonyl (C=O) groups is 2. The molecule has 0 saturated carbocycles. The number of rotatable bonds is 8. The van der Waals surface area contributed by atoms with E-state index in [4.69, 9.17) is 16.3 Å². The van der Waals surface area contributed by atoms with Crippen LogP contribution >= 0.6 is 11.6 Å². The van der Waals surface area contributed by atoms with Gasteiger partial charge in [-0.15, -0.1) is 0 Å². The van der Waals surface area contributed by atoms with Gasteiger partial charge in [-0.2, -0.15) is 4.31 Å². The van der Waals surface area contributed by atoms with Crippen LogP contribution in [0.1, 0.15) is 25.3 Å². The molecule has 1 N–H and O–H groups in total. The van der Waals surface area contributed by atoms with Crippen molar-refractivity contribution in [2.24, 2.45) is 10.9 Å². The minimum Gasteiger partial charge on any atom is -0.466 e. The number of fused-ring (bicyclic) bond motifs is 1. The van der Waals surface area contributed by atoms with Gasteiger partial charge in [0.1, 0.15) is 5.03 Å². The maximum absolute atomic E-state index is 13.2. The summed E-state index contributed by atoms with van der Waals surface area (Å²) in [5, 5.41) is 1.26. The van der Waals surface area contributed by atoms with Crippen molar-refractivity contribution in [3.05, 3.63) is 59.1 Å². The summed E-state index contributed by atoms with van der Waals surface area (Å²) < 4.78 is 32.7. The lowest BCUT2D eigenvalue weighted by Crippen LogP contribution is -2.51. The van der Waals surface area contributed by atoms with E-state index in [0.29, 0.717) is 35.6 Å². The molecule has 2 aliphatic heterocycles. The lowest BCUT2D eigenvalue weighted by atomic mass is 9.97. The van der Waals surface area contributed by atoms with Crippen LogP contribution in [-0.2, 0) is 30.9 Å². The van der Waals surface area contributed by atoms with E-state index in [0.717, 1.165) is 37.2 Å². The Bertz CT molecular complexity index is 1510. The van der Waals surface area contributed by atoms with E-state index in [1.165, 1.54) is 4.31 Å². The Morgan fingerprint density at radius 1 is 1.10 bits per heavy atom. The molecule has 0 bridgehead atoms. The number of halogens is 1. The van der Waals surface area contributed by atoms with E-state index in [1.807, 2.05) is 31.2 Å². The summed E-state index contributed by atoms with van der Waals surface area (Å²) in [5.41, 5.74) is 2.39. The van der Waals surface area contributed by atoms with Crippen LogP contribution in [0.4, 0.5) is 5.69 Å². The average Bonchev–Trinajstić information content (AvgIpc) is 3.38. The molecule has 40 heavy (non-hydrogen) atoms. The number of amides is 1. The summed E-state index contributed by atoms with van der Waals surface area (Å²) in [7, 11) is -3.85. The third-order valence-electron chi connectivity index (χ3n) is 7.29. The molecule has 0 atom stereocenters. The number of ether oxygens (including phenoxy) is 1. The number of hydrogen-bond acceptors (Lipinski definition) is 6. The van der Waals surface area contributed by atoms with Crippen LogP contribution < -0.4 is 0 Å². The number of aromatic nitrogens is 1. The molecular formula is C28H32ClN5O5S. The number of piperazine rings is 1. The topological polar surface area (TPSA) is 115 Å². The smallest absolute Gasteiger partial charge is 0.309 e. The molecule has 1 aromatic heterocycles. The van der Waals surface area contributed by atoms with E-state index in [-0.39, 0.29) is 35.9 Å². The quantitative estimate of drug-likeness (QED) is 0.244. The molecule has 10 nitrogen and oxygen atoms in total. The van der Waals surface area contributed by atoms with Crippen LogP contribution in [0, 0.1) is 5.92 Å². The number of sulfonamides is 1. The molecule has 2 aromatic carbocycles. The second-order valence-corrected chi connectivity index (χ2v) is 12.3. The highest BCUT2D eigenvalue weighted by atomic mass is 35.5. The third-order valence-corrected chi connectivity index (χ3v) is 9.29. The number of aliphatic imine (C=N–C) groups is 1. The van der Waals surface area contributed by atoms with Gasteiger partial charge in [0.25, 0.3) is 10.0 Å². The Morgan fingerprint density at radius 3 is 2.55 bits per heavy atom. The summed E-state index contributed by atoms with van der Waals surface area (Å²) in [6, 6.07) is 14.3. The lowest BCUT2D eigenvalue weighted by Gasteiger charge is -2.33. The van der Waals surface area contributed by atoms with E-state index < -0.39 is 10.0 Å². The molecule has 0 aliphatic carbocycles. The van der Waals surface area contributed by atoms with Crippen molar-refractivity contribution in [2.75, 3.05) is 39.3 Å². The summed E-state index contributed by atoms with van der Waals surface area (Å²) in [5.74, 6) is -0.403. The van der Waals surface area contributed by atoms with Crippen LogP contribution in [0.3, 0.4) is 0 Å². The van der Waals surface area contributed by atoms with E-state index in [2.05, 4.69) is 14.9 Å². The summed E-state index contributed by atoms with van der Waals surface area (Å²) in [6.07, 6.45) is 3.31. The predicted molar refractivity (Wildman–Crippen MR) is 153 cm³/mol. The second kappa shape index (κ2) is 12.0. The number of esters is 1. The number of hydrogen-bond donors (Lipinski definition) is 1. The first-order chi connectivity index (χ1) is 19.2. The van der Waals surface area contributed by atoms with Gasteiger partial charge in [0.05, 0.1) is 31.1 Å². The molecule has 2 saturated heterocycles. The zero-order chi connectivity index (χ0) is 28.3. The first kappa shape index (κ1) is 28.1. The van der Waals surface area contributed by atoms with E-state index in [1.54, 1.807) is 35.5 Å². The van der Waals surface area contributed by atoms with Gasteiger partial charge in [-0.1, -0.05) is 23.7 Å². The minimum atomic E-state index is -3.85. The fraction of sp³-hybridized carbons (Fsp3) is 0.393. The third kappa shape index (κ3) is 6.32. The number of likely N-dealkylation sites (tertiary alicyclic amines) is 1. The normalized spacial score (nSPS) is 17.7. The highest BCUT2D eigenvalue weighted by molar-refractivity contribution is 7.89. The summed E-state index contributed by atoms with van der Waals surface area (Å²) in [6.45, 7) is 4.42. The van der Waals surface area contributed by atoms with Crippen molar-refractivity contribution in [1.29, 1.82) is 0 Å². The molecule has 5 rings (SSSR count). The fourth-order valence-corrected chi connectivity index (χ4v) is 6.56. The fourth-order valence-electron chi connectivity index (χ4n) is 4.98. The van der Waals surface area contributed by atoms with Crippen molar-refractivity contribution in [2.45, 2.75) is 31.3 Å². The van der Waals surface area contributed by atoms with Gasteiger partial charge in [-0.3, -0.25) is 9.59 Å². The highest BCUT2D eigenvalue weighted by Gasteiger charge is 2.34. The Balaban J connectivity index is 1.13. The number of aromatic amines is 1. The van der Waals surface area contributed by atoms with Crippen molar-refractivity contribution in [3.63, 3.8) is 0 Å². The van der Waals surface area contributed by atoms with Crippen LogP contribution in [0.15, 0.2) is 58.5 Å². The van der Waals surface area contributed by atoms with Gasteiger partial charge in [-0.25, -0.2) is 13.4 Å². The number of nitrogens with one attached hydrogen (secondary N) is 1. The molecule has 3 heterocycles. The molecule has 3 aromatic rings. The van der Waals surface area contributed by atoms with Crippen LogP contribution in [0.2, 0.25) is 5.02 Å². The van der Waals surface area contributed by atoms with Crippen molar-refractivity contribution >= 4 is 56.4 Å². The minimum absolute atomic E-state index is 0.0400. The van der Waals surface area contributed by atoms with Gasteiger partial charge < -0.3 is 19.5 Å². The van der Waals surface area contributed by atoms with E-state index in [9.17, 15) is 18.0 Å². The number of nitrogens with zero attached hydrogens (tertiary/aromatic N) is 4. The molecule has 0 radical (unpaired) electrons. The molecule has 1 amide bonds. The number of benzene rings is 2. The summed E-state index contributed by atoms with van der Waals surface area (Å²) >= 11 is 6.02. The van der Waals surface area contributed by atoms with Crippen LogP contribution in [-0.4, -0.2) is 85.1 Å². The second-order valence-electron chi connectivity index (χ2n) is 9.99. The largest absolute Gasteiger partial charge is 0.466 e. The van der Waals surface area contributed by atoms with Crippen LogP contribution in [0.25, 0.3) is 10.9 Å². The molecule has 2 aliphatic rings. The molecule has 0 unspecified atom stereocenters. The summed E-state index contributed by atoms with van der Waals surface area (Å²) in [4.78, 5) is 36.0. The average molecular weight is 586 g/mol. The predicted octanol–water partition coefficient (Wildman–Crippen LogP) is 3.79. The van der Waals surface area contributed by atoms with Gasteiger partial charge in [0, 0.05) is 48.6 Å².